The second-order valence-corrected chi connectivity index (χ2v) is 5.23. The van der Waals surface area contributed by atoms with Crippen molar-refractivity contribution in [3.63, 3.8) is 0 Å². The highest BCUT2D eigenvalue weighted by Gasteiger charge is 2.20. The largest absolute Gasteiger partial charge is 0.505 e. The second-order valence-electron chi connectivity index (χ2n) is 5.23. The van der Waals surface area contributed by atoms with Crippen LogP contribution < -0.4 is 10.6 Å². The van der Waals surface area contributed by atoms with Crippen molar-refractivity contribution >= 4 is 17.3 Å². The molecule has 1 aliphatic heterocycles. The number of nitrogens with one attached hydrogen (secondary N) is 2. The minimum absolute atomic E-state index is 0.130. The average Bonchev–Trinajstić information content (AvgIpc) is 2.48. The number of hydrogen-bond acceptors (Lipinski definition) is 5. The van der Waals surface area contributed by atoms with Gasteiger partial charge < -0.3 is 15.7 Å². The first-order chi connectivity index (χ1) is 10.1. The molecule has 1 aliphatic rings. The van der Waals surface area contributed by atoms with Crippen molar-refractivity contribution in [3.8, 4) is 5.75 Å². The number of phenolic OH excluding ortho intramolecular Hbond substituents is 1. The van der Waals surface area contributed by atoms with Crippen molar-refractivity contribution in [2.75, 3.05) is 18.4 Å². The topological polar surface area (TPSA) is 104 Å². The van der Waals surface area contributed by atoms with Crippen LogP contribution in [0.1, 0.15) is 25.7 Å². The molecule has 3 N–H and O–H groups in total. The molecule has 1 aromatic carbocycles. The number of phenols is 1. The van der Waals surface area contributed by atoms with E-state index in [0.717, 1.165) is 32.4 Å². The molecule has 7 heteroatoms. The van der Waals surface area contributed by atoms with Crippen molar-refractivity contribution in [2.24, 2.45) is 5.92 Å². The molecular formula is C14H19N3O4. The molecule has 1 atom stereocenters. The van der Waals surface area contributed by atoms with Gasteiger partial charge in [0.1, 0.15) is 5.75 Å². The summed E-state index contributed by atoms with van der Waals surface area (Å²) in [5.41, 5.74) is -0.433. The molecule has 7 nitrogen and oxygen atoms in total. The number of rotatable bonds is 5. The third-order valence-electron chi connectivity index (χ3n) is 3.66. The van der Waals surface area contributed by atoms with Crippen molar-refractivity contribution < 1.29 is 14.8 Å². The van der Waals surface area contributed by atoms with Gasteiger partial charge in [-0.25, -0.2) is 0 Å². The SMILES string of the molecule is O=C(CCC1CCCNC1)Nc1c(O)cccc1[N+](=O)[O-]. The summed E-state index contributed by atoms with van der Waals surface area (Å²) in [4.78, 5) is 22.2. The molecule has 0 saturated carbocycles. The van der Waals surface area contributed by atoms with E-state index in [1.165, 1.54) is 18.2 Å². The molecular weight excluding hydrogens is 274 g/mol. The number of aromatic hydroxyl groups is 1. The van der Waals surface area contributed by atoms with Gasteiger partial charge in [0, 0.05) is 12.5 Å². The molecule has 0 aliphatic carbocycles. The van der Waals surface area contributed by atoms with Crippen LogP contribution in [0.4, 0.5) is 11.4 Å². The van der Waals surface area contributed by atoms with Gasteiger partial charge in [-0.2, -0.15) is 0 Å². The second kappa shape index (κ2) is 7.03. The number of nitro benzene ring substituents is 1. The lowest BCUT2D eigenvalue weighted by Crippen LogP contribution is -2.30. The lowest BCUT2D eigenvalue weighted by molar-refractivity contribution is -0.384. The minimum Gasteiger partial charge on any atom is -0.505 e. The molecule has 0 spiro atoms. The number of nitro groups is 1. The number of para-hydroxylation sites is 1. The van der Waals surface area contributed by atoms with Crippen molar-refractivity contribution in [1.82, 2.24) is 5.32 Å². The minimum atomic E-state index is -0.625. The number of anilines is 1. The number of carbonyl (C=O) groups is 1. The molecule has 0 bridgehead atoms. The highest BCUT2D eigenvalue weighted by atomic mass is 16.6. The number of amides is 1. The molecule has 1 fully saturated rings. The quantitative estimate of drug-likeness (QED) is 0.437. The van der Waals surface area contributed by atoms with E-state index in [9.17, 15) is 20.0 Å². The van der Waals surface area contributed by atoms with Crippen LogP contribution in [0, 0.1) is 16.0 Å². The van der Waals surface area contributed by atoms with Gasteiger partial charge >= 0.3 is 0 Å². The zero-order valence-corrected chi connectivity index (χ0v) is 11.7. The molecule has 1 heterocycles. The van der Waals surface area contributed by atoms with E-state index in [2.05, 4.69) is 10.6 Å². The monoisotopic (exact) mass is 293 g/mol. The molecule has 0 aromatic heterocycles. The maximum absolute atomic E-state index is 11.9. The third-order valence-corrected chi connectivity index (χ3v) is 3.66. The van der Waals surface area contributed by atoms with Gasteiger partial charge in [-0.1, -0.05) is 6.07 Å². The Morgan fingerprint density at radius 2 is 2.33 bits per heavy atom. The number of nitrogens with zero attached hydrogens (tertiary/aromatic N) is 1. The summed E-state index contributed by atoms with van der Waals surface area (Å²) < 4.78 is 0. The van der Waals surface area contributed by atoms with Crippen LogP contribution in [0.25, 0.3) is 0 Å². The van der Waals surface area contributed by atoms with Crippen LogP contribution in [0.5, 0.6) is 5.75 Å². The lowest BCUT2D eigenvalue weighted by atomic mass is 9.94. The van der Waals surface area contributed by atoms with Crippen LogP contribution >= 0.6 is 0 Å². The summed E-state index contributed by atoms with van der Waals surface area (Å²) in [7, 11) is 0. The van der Waals surface area contributed by atoms with Gasteiger partial charge in [-0.3, -0.25) is 14.9 Å². The van der Waals surface area contributed by atoms with Gasteiger partial charge in [-0.05, 0) is 44.3 Å². The first kappa shape index (κ1) is 15.2. The molecule has 1 saturated heterocycles. The molecule has 1 unspecified atom stereocenters. The Balaban J connectivity index is 1.94. The number of hydrogen-bond donors (Lipinski definition) is 3. The van der Waals surface area contributed by atoms with Gasteiger partial charge in [-0.15, -0.1) is 0 Å². The van der Waals surface area contributed by atoms with Crippen LogP contribution in [0.2, 0.25) is 0 Å². The summed E-state index contributed by atoms with van der Waals surface area (Å²) in [6.45, 7) is 1.93. The van der Waals surface area contributed by atoms with Crippen LogP contribution in [-0.4, -0.2) is 29.0 Å². The Morgan fingerprint density at radius 3 is 3.00 bits per heavy atom. The van der Waals surface area contributed by atoms with E-state index < -0.39 is 4.92 Å². The highest BCUT2D eigenvalue weighted by Crippen LogP contribution is 2.33. The maximum atomic E-state index is 11.9. The fourth-order valence-corrected chi connectivity index (χ4v) is 2.52. The summed E-state index contributed by atoms with van der Waals surface area (Å²) in [5, 5.41) is 26.3. The van der Waals surface area contributed by atoms with Crippen molar-refractivity contribution in [3.05, 3.63) is 28.3 Å². The molecule has 21 heavy (non-hydrogen) atoms. The predicted octanol–water partition coefficient (Wildman–Crippen LogP) is 2.02. The summed E-state index contributed by atoms with van der Waals surface area (Å²) in [5.74, 6) is -0.147. The van der Waals surface area contributed by atoms with Crippen LogP contribution in [0.15, 0.2) is 18.2 Å². The van der Waals surface area contributed by atoms with Gasteiger partial charge in [0.2, 0.25) is 5.91 Å². The van der Waals surface area contributed by atoms with E-state index in [0.29, 0.717) is 5.92 Å². The van der Waals surface area contributed by atoms with E-state index in [4.69, 9.17) is 0 Å². The summed E-state index contributed by atoms with van der Waals surface area (Å²) in [6.07, 6.45) is 3.23. The maximum Gasteiger partial charge on any atom is 0.296 e. The lowest BCUT2D eigenvalue weighted by Gasteiger charge is -2.22. The first-order valence-corrected chi connectivity index (χ1v) is 7.05. The molecule has 1 aromatic rings. The fourth-order valence-electron chi connectivity index (χ4n) is 2.52. The third kappa shape index (κ3) is 4.16. The zero-order chi connectivity index (χ0) is 15.2. The van der Waals surface area contributed by atoms with Gasteiger partial charge in [0.05, 0.1) is 4.92 Å². The Labute approximate surface area is 122 Å². The van der Waals surface area contributed by atoms with E-state index in [-0.39, 0.29) is 29.5 Å². The standard InChI is InChI=1S/C14H19N3O4/c18-12-5-1-4-11(17(20)21)14(12)16-13(19)7-6-10-3-2-8-15-9-10/h1,4-5,10,15,18H,2-3,6-9H2,(H,16,19). The fraction of sp³-hybridized carbons (Fsp3) is 0.500. The Morgan fingerprint density at radius 1 is 1.52 bits per heavy atom. The van der Waals surface area contributed by atoms with E-state index >= 15 is 0 Å². The smallest absolute Gasteiger partial charge is 0.296 e. The Hall–Kier alpha value is -2.15. The number of benzene rings is 1. The molecule has 2 rings (SSSR count). The van der Waals surface area contributed by atoms with Crippen LogP contribution in [0.3, 0.4) is 0 Å². The van der Waals surface area contributed by atoms with Crippen molar-refractivity contribution in [2.45, 2.75) is 25.7 Å². The van der Waals surface area contributed by atoms with E-state index in [1.807, 2.05) is 0 Å². The number of piperidine rings is 1. The van der Waals surface area contributed by atoms with Crippen molar-refractivity contribution in [1.29, 1.82) is 0 Å². The zero-order valence-electron chi connectivity index (χ0n) is 11.7. The Bertz CT molecular complexity index is 527. The Kier molecular flexibility index (Phi) is 5.10. The summed E-state index contributed by atoms with van der Waals surface area (Å²) in [6, 6.07) is 3.94. The first-order valence-electron chi connectivity index (χ1n) is 7.05. The van der Waals surface area contributed by atoms with Gasteiger partial charge in [0.25, 0.3) is 5.69 Å². The summed E-state index contributed by atoms with van der Waals surface area (Å²) >= 11 is 0. The molecule has 1 amide bonds. The average molecular weight is 293 g/mol. The number of carbonyl (C=O) groups excluding carboxylic acids is 1. The van der Waals surface area contributed by atoms with Crippen LogP contribution in [-0.2, 0) is 4.79 Å². The normalized spacial score (nSPS) is 18.2. The molecule has 0 radical (unpaired) electrons. The predicted molar refractivity (Wildman–Crippen MR) is 78.2 cm³/mol. The highest BCUT2D eigenvalue weighted by molar-refractivity contribution is 5.94. The molecule has 114 valence electrons. The van der Waals surface area contributed by atoms with E-state index in [1.54, 1.807) is 0 Å². The van der Waals surface area contributed by atoms with Gasteiger partial charge in [0.15, 0.2) is 5.69 Å².